The zero-order chi connectivity index (χ0) is 11.0. The van der Waals surface area contributed by atoms with E-state index in [1.165, 1.54) is 16.7 Å². The van der Waals surface area contributed by atoms with Crippen LogP contribution < -0.4 is 10.5 Å². The number of nitrogens with two attached hydrogens (primary N) is 1. The number of fused-ring (bicyclic) bond motifs is 1. The van der Waals surface area contributed by atoms with Crippen molar-refractivity contribution >= 4 is 0 Å². The highest BCUT2D eigenvalue weighted by atomic mass is 16.5. The summed E-state index contributed by atoms with van der Waals surface area (Å²) in [5, 5.41) is 0. The highest BCUT2D eigenvalue weighted by molar-refractivity contribution is 5.50. The number of hydrogen-bond acceptors (Lipinski definition) is 2. The maximum atomic E-state index is 6.22. The lowest BCUT2D eigenvalue weighted by molar-refractivity contribution is 0.194. The van der Waals surface area contributed by atoms with Crippen molar-refractivity contribution in [3.8, 4) is 5.75 Å². The second-order valence-corrected chi connectivity index (χ2v) is 4.41. The molecule has 2 rings (SSSR count). The predicted octanol–water partition coefficient (Wildman–Crippen LogP) is 2.86. The van der Waals surface area contributed by atoms with Gasteiger partial charge in [-0.25, -0.2) is 0 Å². The van der Waals surface area contributed by atoms with Crippen LogP contribution in [0.2, 0.25) is 0 Å². The normalized spacial score (nSPS) is 23.7. The van der Waals surface area contributed by atoms with Crippen LogP contribution >= 0.6 is 0 Å². The van der Waals surface area contributed by atoms with Gasteiger partial charge < -0.3 is 10.5 Å². The molecule has 0 saturated heterocycles. The van der Waals surface area contributed by atoms with Crippen LogP contribution in [0, 0.1) is 13.8 Å². The smallest absolute Gasteiger partial charge is 0.127 e. The van der Waals surface area contributed by atoms with Crippen molar-refractivity contribution in [1.82, 2.24) is 0 Å². The van der Waals surface area contributed by atoms with Crippen molar-refractivity contribution in [2.45, 2.75) is 45.8 Å². The van der Waals surface area contributed by atoms with Crippen molar-refractivity contribution in [3.63, 3.8) is 0 Å². The molecule has 0 bridgehead atoms. The van der Waals surface area contributed by atoms with Gasteiger partial charge in [0.25, 0.3) is 0 Å². The summed E-state index contributed by atoms with van der Waals surface area (Å²) in [5.41, 5.74) is 9.89. The van der Waals surface area contributed by atoms with Gasteiger partial charge in [0.1, 0.15) is 11.9 Å². The molecule has 0 fully saturated rings. The lowest BCUT2D eigenvalue weighted by Crippen LogP contribution is -2.25. The first-order valence-electron chi connectivity index (χ1n) is 5.67. The molecular weight excluding hydrogens is 186 g/mol. The summed E-state index contributed by atoms with van der Waals surface area (Å²) < 4.78 is 5.95. The molecule has 0 aliphatic carbocycles. The van der Waals surface area contributed by atoms with Crippen LogP contribution in [-0.2, 0) is 0 Å². The third-order valence-electron chi connectivity index (χ3n) is 3.19. The SMILES string of the molecule is CCCC1Oc2c(C)ccc(C)c2C1N. The van der Waals surface area contributed by atoms with E-state index in [-0.39, 0.29) is 12.1 Å². The minimum Gasteiger partial charge on any atom is -0.488 e. The maximum absolute atomic E-state index is 6.22. The van der Waals surface area contributed by atoms with Crippen LogP contribution in [0.3, 0.4) is 0 Å². The second kappa shape index (κ2) is 3.86. The topological polar surface area (TPSA) is 35.2 Å². The summed E-state index contributed by atoms with van der Waals surface area (Å²) in [6.07, 6.45) is 2.32. The lowest BCUT2D eigenvalue weighted by Gasteiger charge is -2.14. The molecule has 2 heteroatoms. The average Bonchev–Trinajstić information content (AvgIpc) is 2.53. The Balaban J connectivity index is 2.40. The molecule has 0 spiro atoms. The molecule has 0 saturated carbocycles. The highest BCUT2D eigenvalue weighted by Gasteiger charge is 2.32. The summed E-state index contributed by atoms with van der Waals surface area (Å²) in [7, 11) is 0. The Hall–Kier alpha value is -1.02. The van der Waals surface area contributed by atoms with Crippen molar-refractivity contribution in [2.24, 2.45) is 5.73 Å². The van der Waals surface area contributed by atoms with Gasteiger partial charge in [-0.2, -0.15) is 0 Å². The van der Waals surface area contributed by atoms with E-state index in [2.05, 4.69) is 32.9 Å². The minimum absolute atomic E-state index is 0.0554. The third-order valence-corrected chi connectivity index (χ3v) is 3.19. The fourth-order valence-corrected chi connectivity index (χ4v) is 2.31. The highest BCUT2D eigenvalue weighted by Crippen LogP contribution is 2.41. The average molecular weight is 205 g/mol. The molecule has 82 valence electrons. The number of ether oxygens (including phenoxy) is 1. The fourth-order valence-electron chi connectivity index (χ4n) is 2.31. The lowest BCUT2D eigenvalue weighted by atomic mass is 9.96. The molecule has 1 aromatic rings. The first-order chi connectivity index (χ1) is 7.15. The summed E-state index contributed by atoms with van der Waals surface area (Å²) in [4.78, 5) is 0. The van der Waals surface area contributed by atoms with E-state index < -0.39 is 0 Å². The zero-order valence-corrected chi connectivity index (χ0v) is 9.71. The molecule has 2 N–H and O–H groups in total. The van der Waals surface area contributed by atoms with Crippen LogP contribution in [0.4, 0.5) is 0 Å². The summed E-state index contributed by atoms with van der Waals surface area (Å²) in [6, 6.07) is 4.29. The van der Waals surface area contributed by atoms with Crippen molar-refractivity contribution < 1.29 is 4.74 Å². The first-order valence-corrected chi connectivity index (χ1v) is 5.67. The Morgan fingerprint density at radius 2 is 1.93 bits per heavy atom. The summed E-state index contributed by atoms with van der Waals surface area (Å²) >= 11 is 0. The summed E-state index contributed by atoms with van der Waals surface area (Å²) in [6.45, 7) is 6.36. The molecular formula is C13H19NO. The predicted molar refractivity (Wildman–Crippen MR) is 62.2 cm³/mol. The van der Waals surface area contributed by atoms with Gasteiger partial charge in [0, 0.05) is 5.56 Å². The minimum atomic E-state index is 0.0554. The number of aryl methyl sites for hydroxylation is 2. The quantitative estimate of drug-likeness (QED) is 0.805. The molecule has 0 radical (unpaired) electrons. The molecule has 2 nitrogen and oxygen atoms in total. The van der Waals surface area contributed by atoms with Crippen LogP contribution in [0.25, 0.3) is 0 Å². The van der Waals surface area contributed by atoms with Crippen LogP contribution in [0.5, 0.6) is 5.75 Å². The fraction of sp³-hybridized carbons (Fsp3) is 0.538. The van der Waals surface area contributed by atoms with E-state index in [0.717, 1.165) is 18.6 Å². The Kier molecular flexibility index (Phi) is 2.70. The van der Waals surface area contributed by atoms with Crippen LogP contribution in [0.1, 0.15) is 42.5 Å². The van der Waals surface area contributed by atoms with Gasteiger partial charge in [-0.3, -0.25) is 0 Å². The summed E-state index contributed by atoms with van der Waals surface area (Å²) in [5.74, 6) is 1.03. The van der Waals surface area contributed by atoms with E-state index >= 15 is 0 Å². The monoisotopic (exact) mass is 205 g/mol. The molecule has 2 unspecified atom stereocenters. The van der Waals surface area contributed by atoms with Gasteiger partial charge >= 0.3 is 0 Å². The molecule has 1 heterocycles. The van der Waals surface area contributed by atoms with E-state index in [9.17, 15) is 0 Å². The molecule has 0 aromatic heterocycles. The van der Waals surface area contributed by atoms with Crippen molar-refractivity contribution in [3.05, 3.63) is 28.8 Å². The Morgan fingerprint density at radius 1 is 1.27 bits per heavy atom. The van der Waals surface area contributed by atoms with Gasteiger partial charge in [0.05, 0.1) is 6.04 Å². The zero-order valence-electron chi connectivity index (χ0n) is 9.71. The van der Waals surface area contributed by atoms with Crippen molar-refractivity contribution in [1.29, 1.82) is 0 Å². The molecule has 15 heavy (non-hydrogen) atoms. The van der Waals surface area contributed by atoms with E-state index in [1.807, 2.05) is 0 Å². The second-order valence-electron chi connectivity index (χ2n) is 4.41. The van der Waals surface area contributed by atoms with Gasteiger partial charge in [0.15, 0.2) is 0 Å². The van der Waals surface area contributed by atoms with Gasteiger partial charge in [-0.15, -0.1) is 0 Å². The third kappa shape index (κ3) is 1.63. The van der Waals surface area contributed by atoms with Gasteiger partial charge in [0.2, 0.25) is 0 Å². The molecule has 0 amide bonds. The Bertz CT molecular complexity index is 373. The molecule has 1 aliphatic rings. The van der Waals surface area contributed by atoms with Crippen LogP contribution in [-0.4, -0.2) is 6.10 Å². The van der Waals surface area contributed by atoms with E-state index in [1.54, 1.807) is 0 Å². The molecule has 2 atom stereocenters. The standard InChI is InChI=1S/C13H19NO/c1-4-5-10-12(14)11-8(2)6-7-9(3)13(11)15-10/h6-7,10,12H,4-5,14H2,1-3H3. The molecule has 1 aromatic carbocycles. The number of hydrogen-bond donors (Lipinski definition) is 1. The number of benzene rings is 1. The van der Waals surface area contributed by atoms with E-state index in [0.29, 0.717) is 0 Å². The van der Waals surface area contributed by atoms with E-state index in [4.69, 9.17) is 10.5 Å². The van der Waals surface area contributed by atoms with Gasteiger partial charge in [-0.1, -0.05) is 25.5 Å². The van der Waals surface area contributed by atoms with Crippen LogP contribution in [0.15, 0.2) is 12.1 Å². The largest absolute Gasteiger partial charge is 0.488 e. The maximum Gasteiger partial charge on any atom is 0.127 e. The Labute approximate surface area is 91.4 Å². The molecule has 1 aliphatic heterocycles. The number of rotatable bonds is 2. The first kappa shape index (κ1) is 10.5. The van der Waals surface area contributed by atoms with Gasteiger partial charge in [-0.05, 0) is 31.4 Å². The van der Waals surface area contributed by atoms with Crippen molar-refractivity contribution in [2.75, 3.05) is 0 Å². The Morgan fingerprint density at radius 3 is 2.53 bits per heavy atom.